The third-order valence-electron chi connectivity index (χ3n) is 3.59. The maximum Gasteiger partial charge on any atom is 0.249 e. The first-order chi connectivity index (χ1) is 9.63. The van der Waals surface area contributed by atoms with Crippen molar-refractivity contribution >= 4 is 5.91 Å². The Balaban J connectivity index is 1.84. The molecule has 20 heavy (non-hydrogen) atoms. The molecular formula is C15H17N3O2. The van der Waals surface area contributed by atoms with Gasteiger partial charge in [0.15, 0.2) is 5.82 Å². The van der Waals surface area contributed by atoms with Crippen LogP contribution in [0.1, 0.15) is 41.7 Å². The van der Waals surface area contributed by atoms with Crippen LogP contribution < -0.4 is 0 Å². The number of amides is 1. The largest absolute Gasteiger partial charge is 0.337 e. The van der Waals surface area contributed by atoms with Gasteiger partial charge in [0, 0.05) is 13.0 Å². The molecule has 1 aromatic heterocycles. The highest BCUT2D eigenvalue weighted by molar-refractivity contribution is 5.78. The zero-order valence-corrected chi connectivity index (χ0v) is 11.7. The van der Waals surface area contributed by atoms with Crippen LogP contribution in [0, 0.1) is 13.8 Å². The van der Waals surface area contributed by atoms with Gasteiger partial charge < -0.3 is 9.42 Å². The van der Waals surface area contributed by atoms with Gasteiger partial charge in [0.05, 0.1) is 0 Å². The summed E-state index contributed by atoms with van der Waals surface area (Å²) in [6.45, 7) is 4.43. The van der Waals surface area contributed by atoms with Crippen LogP contribution in [0.3, 0.4) is 0 Å². The fraction of sp³-hybridized carbons (Fsp3) is 0.400. The van der Waals surface area contributed by atoms with Gasteiger partial charge in [-0.05, 0) is 25.8 Å². The molecule has 1 saturated heterocycles. The number of aryl methyl sites for hydroxylation is 2. The summed E-state index contributed by atoms with van der Waals surface area (Å²) in [5.74, 6) is 1.29. The van der Waals surface area contributed by atoms with Crippen molar-refractivity contribution in [2.45, 2.75) is 39.3 Å². The lowest BCUT2D eigenvalue weighted by Gasteiger charge is -2.22. The van der Waals surface area contributed by atoms with E-state index in [4.69, 9.17) is 4.52 Å². The van der Waals surface area contributed by atoms with Crippen molar-refractivity contribution < 1.29 is 9.32 Å². The van der Waals surface area contributed by atoms with Crippen molar-refractivity contribution in [3.05, 3.63) is 47.1 Å². The Morgan fingerprint density at radius 3 is 2.95 bits per heavy atom. The fourth-order valence-corrected chi connectivity index (χ4v) is 2.64. The summed E-state index contributed by atoms with van der Waals surface area (Å²) in [5.41, 5.74) is 2.32. The van der Waals surface area contributed by atoms with Crippen molar-refractivity contribution in [1.82, 2.24) is 15.0 Å². The summed E-state index contributed by atoms with van der Waals surface area (Å²) in [6.07, 6.45) is 1.28. The summed E-state index contributed by atoms with van der Waals surface area (Å²) in [6, 6.07) is 8.10. The van der Waals surface area contributed by atoms with E-state index in [1.807, 2.05) is 30.0 Å². The second-order valence-electron chi connectivity index (χ2n) is 5.24. The van der Waals surface area contributed by atoms with E-state index >= 15 is 0 Å². The second kappa shape index (κ2) is 5.07. The zero-order chi connectivity index (χ0) is 14.1. The van der Waals surface area contributed by atoms with Crippen molar-refractivity contribution in [3.63, 3.8) is 0 Å². The van der Waals surface area contributed by atoms with E-state index in [0.717, 1.165) is 12.0 Å². The lowest BCUT2D eigenvalue weighted by molar-refractivity contribution is -0.129. The number of rotatable bonds is 3. The maximum absolute atomic E-state index is 12.1. The first kappa shape index (κ1) is 12.8. The minimum Gasteiger partial charge on any atom is -0.337 e. The molecule has 0 spiro atoms. The predicted molar refractivity (Wildman–Crippen MR) is 72.7 cm³/mol. The number of hydrogen-bond acceptors (Lipinski definition) is 4. The van der Waals surface area contributed by atoms with Crippen molar-refractivity contribution in [2.75, 3.05) is 0 Å². The normalized spacial score (nSPS) is 18.8. The lowest BCUT2D eigenvalue weighted by Crippen LogP contribution is -2.27. The monoisotopic (exact) mass is 271 g/mol. The predicted octanol–water partition coefficient (Wildman–Crippen LogP) is 2.55. The van der Waals surface area contributed by atoms with Crippen LogP contribution in [0.2, 0.25) is 0 Å². The van der Waals surface area contributed by atoms with E-state index in [2.05, 4.69) is 16.2 Å². The quantitative estimate of drug-likeness (QED) is 0.860. The number of hydrogen-bond donors (Lipinski definition) is 0. The molecule has 0 N–H and O–H groups in total. The van der Waals surface area contributed by atoms with E-state index < -0.39 is 0 Å². The van der Waals surface area contributed by atoms with Crippen LogP contribution >= 0.6 is 0 Å². The van der Waals surface area contributed by atoms with E-state index in [-0.39, 0.29) is 11.9 Å². The van der Waals surface area contributed by atoms with Gasteiger partial charge in [0.25, 0.3) is 0 Å². The van der Waals surface area contributed by atoms with Gasteiger partial charge in [-0.1, -0.05) is 35.0 Å². The summed E-state index contributed by atoms with van der Waals surface area (Å²) < 4.78 is 5.23. The Bertz CT molecular complexity index is 636. The molecule has 1 atom stereocenters. The van der Waals surface area contributed by atoms with Crippen molar-refractivity contribution in [1.29, 1.82) is 0 Å². The smallest absolute Gasteiger partial charge is 0.249 e. The fourth-order valence-electron chi connectivity index (χ4n) is 2.64. The molecule has 0 saturated carbocycles. The highest BCUT2D eigenvalue weighted by Crippen LogP contribution is 2.33. The number of aromatic nitrogens is 2. The molecule has 1 unspecified atom stereocenters. The summed E-state index contributed by atoms with van der Waals surface area (Å²) >= 11 is 0. The highest BCUT2D eigenvalue weighted by Gasteiger charge is 2.35. The second-order valence-corrected chi connectivity index (χ2v) is 5.24. The third-order valence-corrected chi connectivity index (χ3v) is 3.59. The standard InChI is InChI=1S/C15H17N3O2/c1-10-4-3-5-12(8-10)9-18-13(6-7-14(18)19)15-16-11(2)17-20-15/h3-5,8,13H,6-7,9H2,1-2H3. The molecule has 104 valence electrons. The van der Waals surface area contributed by atoms with Crippen LogP contribution in [0.25, 0.3) is 0 Å². The molecule has 0 radical (unpaired) electrons. The molecule has 1 fully saturated rings. The Morgan fingerprint density at radius 2 is 2.25 bits per heavy atom. The molecule has 3 rings (SSSR count). The molecule has 1 aliphatic heterocycles. The van der Waals surface area contributed by atoms with Gasteiger partial charge in [-0.3, -0.25) is 4.79 Å². The van der Waals surface area contributed by atoms with Crippen molar-refractivity contribution in [2.24, 2.45) is 0 Å². The molecule has 2 heterocycles. The number of nitrogens with zero attached hydrogens (tertiary/aromatic N) is 3. The van der Waals surface area contributed by atoms with Crippen LogP contribution in [0.15, 0.2) is 28.8 Å². The van der Waals surface area contributed by atoms with Crippen LogP contribution in [-0.2, 0) is 11.3 Å². The molecule has 2 aromatic rings. The number of carbonyl (C=O) groups is 1. The van der Waals surface area contributed by atoms with E-state index in [9.17, 15) is 4.79 Å². The SMILES string of the molecule is Cc1cccc(CN2C(=O)CCC2c2nc(C)no2)c1. The highest BCUT2D eigenvalue weighted by atomic mass is 16.5. The van der Waals surface area contributed by atoms with E-state index in [1.54, 1.807) is 6.92 Å². The molecule has 1 aliphatic rings. The average molecular weight is 271 g/mol. The summed E-state index contributed by atoms with van der Waals surface area (Å²) in [7, 11) is 0. The zero-order valence-electron chi connectivity index (χ0n) is 11.7. The van der Waals surface area contributed by atoms with Crippen LogP contribution in [0.5, 0.6) is 0 Å². The number of benzene rings is 1. The van der Waals surface area contributed by atoms with Gasteiger partial charge in [0.2, 0.25) is 11.8 Å². The molecule has 0 bridgehead atoms. The summed E-state index contributed by atoms with van der Waals surface area (Å²) in [4.78, 5) is 18.2. The van der Waals surface area contributed by atoms with Gasteiger partial charge in [-0.2, -0.15) is 4.98 Å². The first-order valence-electron chi connectivity index (χ1n) is 6.79. The van der Waals surface area contributed by atoms with Gasteiger partial charge in [-0.15, -0.1) is 0 Å². The van der Waals surface area contributed by atoms with Gasteiger partial charge >= 0.3 is 0 Å². The lowest BCUT2D eigenvalue weighted by atomic mass is 10.1. The molecule has 1 amide bonds. The Labute approximate surface area is 117 Å². The van der Waals surface area contributed by atoms with E-state index in [0.29, 0.717) is 24.7 Å². The Kier molecular flexibility index (Phi) is 3.26. The molecule has 0 aliphatic carbocycles. The van der Waals surface area contributed by atoms with Crippen LogP contribution in [0.4, 0.5) is 0 Å². The minimum atomic E-state index is -0.0933. The third kappa shape index (κ3) is 2.43. The van der Waals surface area contributed by atoms with E-state index in [1.165, 1.54) is 5.56 Å². The van der Waals surface area contributed by atoms with Crippen molar-refractivity contribution in [3.8, 4) is 0 Å². The minimum absolute atomic E-state index is 0.0933. The maximum atomic E-state index is 12.1. The molecular weight excluding hydrogens is 254 g/mol. The van der Waals surface area contributed by atoms with Gasteiger partial charge in [0.1, 0.15) is 6.04 Å². The van der Waals surface area contributed by atoms with Crippen LogP contribution in [-0.4, -0.2) is 20.9 Å². The topological polar surface area (TPSA) is 59.2 Å². The Morgan fingerprint density at radius 1 is 1.40 bits per heavy atom. The Hall–Kier alpha value is -2.17. The summed E-state index contributed by atoms with van der Waals surface area (Å²) in [5, 5.41) is 3.82. The van der Waals surface area contributed by atoms with Gasteiger partial charge in [-0.25, -0.2) is 0 Å². The number of likely N-dealkylation sites (tertiary alicyclic amines) is 1. The molecule has 1 aromatic carbocycles. The average Bonchev–Trinajstić information content (AvgIpc) is 2.97. The number of carbonyl (C=O) groups excluding carboxylic acids is 1. The first-order valence-corrected chi connectivity index (χ1v) is 6.79. The molecule has 5 nitrogen and oxygen atoms in total. The molecule has 5 heteroatoms.